The van der Waals surface area contributed by atoms with E-state index >= 15 is 0 Å². The summed E-state index contributed by atoms with van der Waals surface area (Å²) in [5, 5.41) is 12.6. The number of carbonyl (C=O) groups is 1. The Kier molecular flexibility index (Phi) is 4.95. The predicted molar refractivity (Wildman–Crippen MR) is 111 cm³/mol. The molecule has 4 rings (SSSR count). The van der Waals surface area contributed by atoms with E-state index in [2.05, 4.69) is 15.2 Å². The summed E-state index contributed by atoms with van der Waals surface area (Å²) in [6.45, 7) is 1.45. The highest BCUT2D eigenvalue weighted by Gasteiger charge is 2.20. The van der Waals surface area contributed by atoms with Crippen LogP contribution in [0.2, 0.25) is 0 Å². The van der Waals surface area contributed by atoms with E-state index < -0.39 is 0 Å². The molecule has 142 valence electrons. The highest BCUT2D eigenvalue weighted by Crippen LogP contribution is 2.27. The smallest absolute Gasteiger partial charge is 0.255 e. The number of anilines is 3. The second kappa shape index (κ2) is 7.70. The lowest BCUT2D eigenvalue weighted by Gasteiger charge is -2.18. The van der Waals surface area contributed by atoms with Crippen LogP contribution in [0.15, 0.2) is 66.9 Å². The Bertz CT molecular complexity index is 974. The molecule has 2 aromatic carbocycles. The van der Waals surface area contributed by atoms with Gasteiger partial charge in [-0.3, -0.25) is 9.78 Å². The lowest BCUT2D eigenvalue weighted by atomic mass is 10.1. The number of pyridine rings is 1. The fourth-order valence-electron chi connectivity index (χ4n) is 3.35. The Morgan fingerprint density at radius 3 is 2.64 bits per heavy atom. The molecule has 1 amide bonds. The molecule has 0 saturated carbocycles. The Balaban J connectivity index is 1.50. The summed E-state index contributed by atoms with van der Waals surface area (Å²) in [6.07, 6.45) is 2.22. The molecule has 3 aromatic rings. The molecule has 0 radical (unpaired) electrons. The predicted octanol–water partition coefficient (Wildman–Crippen LogP) is 3.15. The monoisotopic (exact) mass is 374 g/mol. The summed E-state index contributed by atoms with van der Waals surface area (Å²) >= 11 is 0. The van der Waals surface area contributed by atoms with Crippen LogP contribution in [0, 0.1) is 0 Å². The van der Waals surface area contributed by atoms with Gasteiger partial charge in [-0.05, 0) is 55.0 Å². The average molecular weight is 374 g/mol. The number of aromatic nitrogens is 1. The third-order valence-electron chi connectivity index (χ3n) is 4.92. The number of carbonyl (C=O) groups excluding carboxylic acids is 1. The number of aliphatic hydroxyl groups excluding tert-OH is 1. The Hall–Kier alpha value is -3.38. The van der Waals surface area contributed by atoms with Crippen LogP contribution in [0.1, 0.15) is 16.8 Å². The van der Waals surface area contributed by atoms with Gasteiger partial charge in [-0.2, -0.15) is 0 Å². The molecule has 1 aliphatic heterocycles. The molecule has 2 heterocycles. The van der Waals surface area contributed by atoms with Crippen molar-refractivity contribution < 1.29 is 9.90 Å². The standard InChI is InChI=1S/C22H22N4O2/c23-19-9-6-16(20-3-1-2-11-24-20)13-21(19)25-22(28)15-4-7-17(8-5-15)26-12-10-18(27)14-26/h1-9,11,13,18,27H,10,12,14,23H2,(H,25,28)/t18-/m0/s1. The Labute approximate surface area is 163 Å². The van der Waals surface area contributed by atoms with Gasteiger partial charge in [0.15, 0.2) is 0 Å². The van der Waals surface area contributed by atoms with Crippen molar-refractivity contribution in [3.05, 3.63) is 72.4 Å². The van der Waals surface area contributed by atoms with E-state index in [1.165, 1.54) is 0 Å². The maximum absolute atomic E-state index is 12.7. The molecular formula is C22H22N4O2. The van der Waals surface area contributed by atoms with Crippen LogP contribution >= 0.6 is 0 Å². The molecular weight excluding hydrogens is 352 g/mol. The molecule has 1 saturated heterocycles. The van der Waals surface area contributed by atoms with Crippen LogP contribution in [0.3, 0.4) is 0 Å². The van der Waals surface area contributed by atoms with Gasteiger partial charge >= 0.3 is 0 Å². The van der Waals surface area contributed by atoms with Gasteiger partial charge in [0, 0.05) is 36.1 Å². The van der Waals surface area contributed by atoms with Crippen molar-refractivity contribution in [1.29, 1.82) is 0 Å². The molecule has 1 atom stereocenters. The average Bonchev–Trinajstić information content (AvgIpc) is 3.17. The van der Waals surface area contributed by atoms with Crippen molar-refractivity contribution in [3.63, 3.8) is 0 Å². The van der Waals surface area contributed by atoms with E-state index in [1.54, 1.807) is 24.4 Å². The van der Waals surface area contributed by atoms with Gasteiger partial charge in [0.2, 0.25) is 0 Å². The number of β-amino-alcohol motifs (C(OH)–C–C–N with tert-alkyl or cyclic N) is 1. The minimum absolute atomic E-state index is 0.224. The number of nitrogens with two attached hydrogens (primary N) is 1. The molecule has 0 bridgehead atoms. The first-order valence-electron chi connectivity index (χ1n) is 9.25. The first-order valence-corrected chi connectivity index (χ1v) is 9.25. The zero-order chi connectivity index (χ0) is 19.5. The number of aliphatic hydroxyl groups is 1. The van der Waals surface area contributed by atoms with Gasteiger partial charge in [0.25, 0.3) is 5.91 Å². The van der Waals surface area contributed by atoms with Crippen molar-refractivity contribution in [2.24, 2.45) is 0 Å². The van der Waals surface area contributed by atoms with Gasteiger partial charge in [-0.1, -0.05) is 12.1 Å². The van der Waals surface area contributed by atoms with Crippen LogP contribution in [-0.2, 0) is 0 Å². The first kappa shape index (κ1) is 18.0. The summed E-state index contributed by atoms with van der Waals surface area (Å²) in [4.78, 5) is 19.1. The van der Waals surface area contributed by atoms with Gasteiger partial charge in [0.1, 0.15) is 0 Å². The van der Waals surface area contributed by atoms with Crippen LogP contribution < -0.4 is 16.0 Å². The normalized spacial score (nSPS) is 16.2. The zero-order valence-electron chi connectivity index (χ0n) is 15.4. The molecule has 0 unspecified atom stereocenters. The molecule has 28 heavy (non-hydrogen) atoms. The number of nitrogen functional groups attached to an aromatic ring is 1. The van der Waals surface area contributed by atoms with Gasteiger partial charge < -0.3 is 21.1 Å². The molecule has 1 aromatic heterocycles. The SMILES string of the molecule is Nc1ccc(-c2ccccn2)cc1NC(=O)c1ccc(N2CC[C@H](O)C2)cc1. The second-order valence-corrected chi connectivity index (χ2v) is 6.91. The van der Waals surface area contributed by atoms with Gasteiger partial charge in [-0.25, -0.2) is 0 Å². The van der Waals surface area contributed by atoms with Crippen LogP contribution in [0.25, 0.3) is 11.3 Å². The molecule has 6 heteroatoms. The Morgan fingerprint density at radius 2 is 1.96 bits per heavy atom. The molecule has 0 spiro atoms. The first-order chi connectivity index (χ1) is 13.6. The quantitative estimate of drug-likeness (QED) is 0.610. The maximum atomic E-state index is 12.7. The van der Waals surface area contributed by atoms with Crippen molar-refractivity contribution >= 4 is 23.0 Å². The van der Waals surface area contributed by atoms with E-state index in [9.17, 15) is 9.90 Å². The van der Waals surface area contributed by atoms with Crippen molar-refractivity contribution in [1.82, 2.24) is 4.98 Å². The highest BCUT2D eigenvalue weighted by atomic mass is 16.3. The minimum atomic E-state index is -0.280. The highest BCUT2D eigenvalue weighted by molar-refractivity contribution is 6.06. The van der Waals surface area contributed by atoms with Crippen molar-refractivity contribution in [2.75, 3.05) is 29.0 Å². The lowest BCUT2D eigenvalue weighted by molar-refractivity contribution is 0.102. The largest absolute Gasteiger partial charge is 0.397 e. The number of nitrogens with zero attached hydrogens (tertiary/aromatic N) is 2. The molecule has 6 nitrogen and oxygen atoms in total. The number of amides is 1. The van der Waals surface area contributed by atoms with Crippen molar-refractivity contribution in [3.8, 4) is 11.3 Å². The fraction of sp³-hybridized carbons (Fsp3) is 0.182. The van der Waals surface area contributed by atoms with Gasteiger partial charge in [0.05, 0.1) is 23.2 Å². The molecule has 1 aliphatic rings. The summed E-state index contributed by atoms with van der Waals surface area (Å²) in [5.41, 5.74) is 10.3. The van der Waals surface area contributed by atoms with Crippen molar-refractivity contribution in [2.45, 2.75) is 12.5 Å². The zero-order valence-corrected chi connectivity index (χ0v) is 15.4. The second-order valence-electron chi connectivity index (χ2n) is 6.91. The van der Waals surface area contributed by atoms with Crippen LogP contribution in [0.4, 0.5) is 17.1 Å². The molecule has 1 fully saturated rings. The van der Waals surface area contributed by atoms with E-state index in [0.29, 0.717) is 23.5 Å². The third-order valence-corrected chi connectivity index (χ3v) is 4.92. The number of benzene rings is 2. The van der Waals surface area contributed by atoms with Gasteiger partial charge in [-0.15, -0.1) is 0 Å². The summed E-state index contributed by atoms with van der Waals surface area (Å²) in [7, 11) is 0. The summed E-state index contributed by atoms with van der Waals surface area (Å²) in [5.74, 6) is -0.224. The minimum Gasteiger partial charge on any atom is -0.397 e. The fourth-order valence-corrected chi connectivity index (χ4v) is 3.35. The molecule has 0 aliphatic carbocycles. The number of hydrogen-bond acceptors (Lipinski definition) is 5. The molecule has 4 N–H and O–H groups in total. The number of nitrogens with one attached hydrogen (secondary N) is 1. The summed E-state index contributed by atoms with van der Waals surface area (Å²) in [6, 6.07) is 18.5. The lowest BCUT2D eigenvalue weighted by Crippen LogP contribution is -2.21. The maximum Gasteiger partial charge on any atom is 0.255 e. The third kappa shape index (κ3) is 3.82. The number of rotatable bonds is 4. The van der Waals surface area contributed by atoms with Crippen LogP contribution in [-0.4, -0.2) is 35.2 Å². The van der Waals surface area contributed by atoms with E-state index in [-0.39, 0.29) is 12.0 Å². The number of hydrogen-bond donors (Lipinski definition) is 3. The van der Waals surface area contributed by atoms with E-state index in [1.807, 2.05) is 42.5 Å². The van der Waals surface area contributed by atoms with E-state index in [4.69, 9.17) is 5.73 Å². The topological polar surface area (TPSA) is 91.5 Å². The van der Waals surface area contributed by atoms with Crippen LogP contribution in [0.5, 0.6) is 0 Å². The van der Waals surface area contributed by atoms with E-state index in [0.717, 1.165) is 29.9 Å². The Morgan fingerprint density at radius 1 is 1.14 bits per heavy atom. The summed E-state index contributed by atoms with van der Waals surface area (Å²) < 4.78 is 0.